The Morgan fingerprint density at radius 2 is 1.82 bits per heavy atom. The molecule has 56 valence electrons. The van der Waals surface area contributed by atoms with Crippen LogP contribution < -0.4 is 0 Å². The van der Waals surface area contributed by atoms with Crippen LogP contribution in [0.25, 0.3) is 0 Å². The van der Waals surface area contributed by atoms with Crippen molar-refractivity contribution in [3.63, 3.8) is 0 Å². The maximum atomic E-state index is 9.95. The van der Waals surface area contributed by atoms with Gasteiger partial charge in [-0.1, -0.05) is 6.58 Å². The van der Waals surface area contributed by atoms with Crippen LogP contribution in [0.15, 0.2) is 12.7 Å². The standard InChI is InChI=1S/C3H4O5S.2Na.2H/c1-2-3(4)8-9(5,6)7;;;;/h2H,1H2,(H,5,6,7);;;;. The summed E-state index contributed by atoms with van der Waals surface area (Å²) in [4.78, 5) is 9.95. The average Bonchev–Trinajstić information content (AvgIpc) is 1.62. The van der Waals surface area contributed by atoms with Gasteiger partial charge in [0.15, 0.2) is 0 Å². The topological polar surface area (TPSA) is 80.7 Å². The zero-order valence-electron chi connectivity index (χ0n) is 4.27. The molecule has 0 aliphatic rings. The monoisotopic (exact) mass is 200 g/mol. The predicted molar refractivity (Wildman–Crippen MR) is 42.1 cm³/mol. The minimum atomic E-state index is -4.66. The van der Waals surface area contributed by atoms with E-state index in [2.05, 4.69) is 10.8 Å². The van der Waals surface area contributed by atoms with Crippen molar-refractivity contribution in [2.75, 3.05) is 0 Å². The SMILES string of the molecule is C=CC(=O)OS(=O)(=O)O.[NaH].[NaH]. The zero-order chi connectivity index (χ0) is 7.49. The molecule has 0 radical (unpaired) electrons. The first-order chi connectivity index (χ1) is 3.95. The Balaban J connectivity index is -0.000000320. The van der Waals surface area contributed by atoms with E-state index in [0.717, 1.165) is 0 Å². The summed E-state index contributed by atoms with van der Waals surface area (Å²) in [6, 6.07) is 0. The molecule has 1 N–H and O–H groups in total. The third-order valence-electron chi connectivity index (χ3n) is 0.354. The van der Waals surface area contributed by atoms with Crippen molar-refractivity contribution in [2.24, 2.45) is 0 Å². The Morgan fingerprint density at radius 3 is 1.91 bits per heavy atom. The molecule has 0 aliphatic heterocycles. The van der Waals surface area contributed by atoms with E-state index in [4.69, 9.17) is 4.55 Å². The molecule has 0 rings (SSSR count). The average molecular weight is 200 g/mol. The van der Waals surface area contributed by atoms with Gasteiger partial charge < -0.3 is 4.18 Å². The van der Waals surface area contributed by atoms with E-state index < -0.39 is 16.4 Å². The Hall–Kier alpha value is 1.12. The summed E-state index contributed by atoms with van der Waals surface area (Å²) in [5.74, 6) is -1.21. The summed E-state index contributed by atoms with van der Waals surface area (Å²) in [6.07, 6.45) is 0.619. The van der Waals surface area contributed by atoms with Crippen molar-refractivity contribution in [3.05, 3.63) is 12.7 Å². The number of carbonyl (C=O) groups excluding carboxylic acids is 1. The van der Waals surface area contributed by atoms with Gasteiger partial charge in [-0.2, -0.15) is 8.42 Å². The molecule has 8 heteroatoms. The Kier molecular flexibility index (Phi) is 12.7. The van der Waals surface area contributed by atoms with Crippen LogP contribution in [0, 0.1) is 0 Å². The second-order valence-electron chi connectivity index (χ2n) is 1.03. The molecule has 5 nitrogen and oxygen atoms in total. The molecule has 0 aromatic heterocycles. The normalized spacial score (nSPS) is 8.45. The Bertz CT molecular complexity index is 220. The summed E-state index contributed by atoms with van der Waals surface area (Å²) in [6.45, 7) is 2.89. The molecule has 0 aromatic rings. The van der Waals surface area contributed by atoms with Gasteiger partial charge >= 0.3 is 75.5 Å². The van der Waals surface area contributed by atoms with Gasteiger partial charge in [0.1, 0.15) is 0 Å². The summed E-state index contributed by atoms with van der Waals surface area (Å²) < 4.78 is 30.5. The second kappa shape index (κ2) is 7.75. The first-order valence-electron chi connectivity index (χ1n) is 1.79. The van der Waals surface area contributed by atoms with Gasteiger partial charge in [-0.15, -0.1) is 0 Å². The van der Waals surface area contributed by atoms with Gasteiger partial charge in [0.2, 0.25) is 0 Å². The first-order valence-corrected chi connectivity index (χ1v) is 3.15. The van der Waals surface area contributed by atoms with E-state index in [1.807, 2.05) is 0 Å². The van der Waals surface area contributed by atoms with Crippen molar-refractivity contribution in [1.29, 1.82) is 0 Å². The van der Waals surface area contributed by atoms with Crippen LogP contribution >= 0.6 is 0 Å². The summed E-state index contributed by atoms with van der Waals surface area (Å²) in [7, 11) is -4.66. The van der Waals surface area contributed by atoms with E-state index >= 15 is 0 Å². The Labute approximate surface area is 109 Å². The minimum absolute atomic E-state index is 0. The third-order valence-corrected chi connectivity index (χ3v) is 0.729. The van der Waals surface area contributed by atoms with Gasteiger partial charge in [-0.25, -0.2) is 4.79 Å². The van der Waals surface area contributed by atoms with Gasteiger partial charge in [0, 0.05) is 6.08 Å². The van der Waals surface area contributed by atoms with Crippen LogP contribution in [-0.4, -0.2) is 78.1 Å². The molecular weight excluding hydrogens is 194 g/mol. The molecule has 0 bridgehead atoms. The molecule has 11 heavy (non-hydrogen) atoms. The van der Waals surface area contributed by atoms with Crippen molar-refractivity contribution in [1.82, 2.24) is 0 Å². The van der Waals surface area contributed by atoms with E-state index in [0.29, 0.717) is 6.08 Å². The molecule has 0 amide bonds. The fourth-order valence-corrected chi connectivity index (χ4v) is 0.413. The molecule has 0 aromatic carbocycles. The summed E-state index contributed by atoms with van der Waals surface area (Å²) in [5.41, 5.74) is 0. The zero-order valence-corrected chi connectivity index (χ0v) is 5.09. The molecule has 0 aliphatic carbocycles. The number of rotatable bonds is 2. The van der Waals surface area contributed by atoms with Gasteiger partial charge in [-0.3, -0.25) is 4.55 Å². The summed E-state index contributed by atoms with van der Waals surface area (Å²) in [5, 5.41) is 0. The third kappa shape index (κ3) is 14.0. The van der Waals surface area contributed by atoms with Crippen LogP contribution in [0.4, 0.5) is 0 Å². The van der Waals surface area contributed by atoms with Gasteiger partial charge in [0.25, 0.3) is 0 Å². The van der Waals surface area contributed by atoms with Crippen LogP contribution in [0.2, 0.25) is 0 Å². The Morgan fingerprint density at radius 1 is 1.45 bits per heavy atom. The van der Waals surface area contributed by atoms with Crippen molar-refractivity contribution in [2.45, 2.75) is 0 Å². The molecule has 0 fully saturated rings. The molecule has 0 atom stereocenters. The van der Waals surface area contributed by atoms with Crippen molar-refractivity contribution < 1.29 is 21.9 Å². The second-order valence-corrected chi connectivity index (χ2v) is 2.06. The molecule has 0 saturated carbocycles. The van der Waals surface area contributed by atoms with Crippen molar-refractivity contribution >= 4 is 75.5 Å². The van der Waals surface area contributed by atoms with Crippen LogP contribution in [0.3, 0.4) is 0 Å². The fraction of sp³-hybridized carbons (Fsp3) is 0. The number of hydrogen-bond acceptors (Lipinski definition) is 4. The van der Waals surface area contributed by atoms with E-state index in [-0.39, 0.29) is 59.1 Å². The summed E-state index contributed by atoms with van der Waals surface area (Å²) >= 11 is 0. The first kappa shape index (κ1) is 18.0. The van der Waals surface area contributed by atoms with E-state index in [9.17, 15) is 13.2 Å². The number of hydrogen-bond donors (Lipinski definition) is 1. The molecule has 0 heterocycles. The van der Waals surface area contributed by atoms with Crippen LogP contribution in [0.5, 0.6) is 0 Å². The molecule has 0 spiro atoms. The van der Waals surface area contributed by atoms with Crippen molar-refractivity contribution in [3.8, 4) is 0 Å². The van der Waals surface area contributed by atoms with E-state index in [1.54, 1.807) is 0 Å². The molecule has 0 unspecified atom stereocenters. The van der Waals surface area contributed by atoms with Gasteiger partial charge in [0.05, 0.1) is 0 Å². The van der Waals surface area contributed by atoms with Gasteiger partial charge in [-0.05, 0) is 0 Å². The number of carbonyl (C=O) groups is 1. The molecular formula is C3H6Na2O5S. The fourth-order valence-electron chi connectivity index (χ4n) is 0.138. The van der Waals surface area contributed by atoms with E-state index in [1.165, 1.54) is 0 Å². The quantitative estimate of drug-likeness (QED) is 0.324. The maximum absolute atomic E-state index is 9.95. The molecule has 0 saturated heterocycles. The van der Waals surface area contributed by atoms with Crippen LogP contribution in [0.1, 0.15) is 0 Å². The predicted octanol–water partition coefficient (Wildman–Crippen LogP) is -1.78. The van der Waals surface area contributed by atoms with Crippen LogP contribution in [-0.2, 0) is 19.4 Å².